The van der Waals surface area contributed by atoms with Gasteiger partial charge in [-0.2, -0.15) is 5.10 Å². The van der Waals surface area contributed by atoms with Crippen molar-refractivity contribution in [2.24, 2.45) is 0 Å². The highest BCUT2D eigenvalue weighted by atomic mass is 32.1. The van der Waals surface area contributed by atoms with Crippen LogP contribution in [0.1, 0.15) is 0 Å². The highest BCUT2D eigenvalue weighted by Gasteiger charge is 2.11. The standard InChI is InChI=1S/C11H7N5S/c1-2-8(17-5-1)10-14-15-11-9-7(6-12-13-9)3-4-16(10)11/h1-6H,(H,12,13). The molecule has 4 heterocycles. The Hall–Kier alpha value is -2.21. The van der Waals surface area contributed by atoms with Crippen molar-refractivity contribution in [3.05, 3.63) is 36.0 Å². The first-order valence-electron chi connectivity index (χ1n) is 5.14. The van der Waals surface area contributed by atoms with Gasteiger partial charge in [0.25, 0.3) is 0 Å². The molecule has 0 bridgehead atoms. The van der Waals surface area contributed by atoms with Crippen LogP contribution in [0.25, 0.3) is 27.3 Å². The molecule has 4 aromatic heterocycles. The summed E-state index contributed by atoms with van der Waals surface area (Å²) >= 11 is 1.65. The van der Waals surface area contributed by atoms with Gasteiger partial charge >= 0.3 is 0 Å². The highest BCUT2D eigenvalue weighted by molar-refractivity contribution is 7.13. The molecular formula is C11H7N5S. The van der Waals surface area contributed by atoms with Gasteiger partial charge in [-0.3, -0.25) is 9.50 Å². The molecule has 17 heavy (non-hydrogen) atoms. The van der Waals surface area contributed by atoms with Crippen LogP contribution in [0.2, 0.25) is 0 Å². The Bertz CT molecular complexity index is 796. The fourth-order valence-electron chi connectivity index (χ4n) is 1.93. The Morgan fingerprint density at radius 1 is 1.24 bits per heavy atom. The molecule has 82 valence electrons. The van der Waals surface area contributed by atoms with Crippen molar-refractivity contribution in [1.82, 2.24) is 24.8 Å². The summed E-state index contributed by atoms with van der Waals surface area (Å²) in [6.45, 7) is 0. The zero-order valence-electron chi connectivity index (χ0n) is 8.66. The number of hydrogen-bond acceptors (Lipinski definition) is 4. The first-order valence-corrected chi connectivity index (χ1v) is 6.02. The van der Waals surface area contributed by atoms with Crippen LogP contribution in [0.4, 0.5) is 0 Å². The van der Waals surface area contributed by atoms with E-state index >= 15 is 0 Å². The smallest absolute Gasteiger partial charge is 0.187 e. The fraction of sp³-hybridized carbons (Fsp3) is 0. The largest absolute Gasteiger partial charge is 0.280 e. The molecule has 1 N–H and O–H groups in total. The van der Waals surface area contributed by atoms with Crippen LogP contribution < -0.4 is 0 Å². The number of hydrogen-bond donors (Lipinski definition) is 1. The molecule has 0 saturated carbocycles. The maximum atomic E-state index is 4.24. The molecule has 0 aliphatic heterocycles. The van der Waals surface area contributed by atoms with Crippen molar-refractivity contribution in [3.63, 3.8) is 0 Å². The number of rotatable bonds is 1. The molecule has 0 aromatic carbocycles. The highest BCUT2D eigenvalue weighted by Crippen LogP contribution is 2.25. The number of aromatic nitrogens is 5. The Morgan fingerprint density at radius 3 is 3.12 bits per heavy atom. The van der Waals surface area contributed by atoms with E-state index in [4.69, 9.17) is 0 Å². The molecule has 0 radical (unpaired) electrons. The van der Waals surface area contributed by atoms with Gasteiger partial charge < -0.3 is 0 Å². The Morgan fingerprint density at radius 2 is 2.24 bits per heavy atom. The van der Waals surface area contributed by atoms with Crippen molar-refractivity contribution >= 4 is 27.9 Å². The third-order valence-corrected chi connectivity index (χ3v) is 3.60. The predicted octanol–water partition coefficient (Wildman–Crippen LogP) is 2.33. The first kappa shape index (κ1) is 8.89. The minimum atomic E-state index is 0.809. The molecule has 0 atom stereocenters. The monoisotopic (exact) mass is 241 g/mol. The van der Waals surface area contributed by atoms with Gasteiger partial charge in [-0.05, 0) is 17.5 Å². The Balaban J connectivity index is 2.13. The molecule has 4 aromatic rings. The summed E-state index contributed by atoms with van der Waals surface area (Å²) < 4.78 is 1.98. The van der Waals surface area contributed by atoms with Gasteiger partial charge in [-0.15, -0.1) is 21.5 Å². The van der Waals surface area contributed by atoms with Crippen molar-refractivity contribution < 1.29 is 0 Å². The molecule has 0 aliphatic carbocycles. The van der Waals surface area contributed by atoms with Gasteiger partial charge in [0.05, 0.1) is 11.1 Å². The maximum absolute atomic E-state index is 4.24. The average molecular weight is 241 g/mol. The van der Waals surface area contributed by atoms with E-state index in [9.17, 15) is 0 Å². The van der Waals surface area contributed by atoms with Crippen LogP contribution in [-0.2, 0) is 0 Å². The van der Waals surface area contributed by atoms with Crippen LogP contribution in [0, 0.1) is 0 Å². The lowest BCUT2D eigenvalue weighted by Crippen LogP contribution is -1.87. The van der Waals surface area contributed by atoms with Crippen molar-refractivity contribution in [3.8, 4) is 10.7 Å². The number of thiophene rings is 1. The summed E-state index contributed by atoms with van der Waals surface area (Å²) in [4.78, 5) is 1.11. The lowest BCUT2D eigenvalue weighted by Gasteiger charge is -1.96. The minimum Gasteiger partial charge on any atom is -0.280 e. The Kier molecular flexibility index (Phi) is 1.64. The fourth-order valence-corrected chi connectivity index (χ4v) is 2.64. The summed E-state index contributed by atoms with van der Waals surface area (Å²) in [6, 6.07) is 6.06. The number of H-pyrrole nitrogens is 1. The number of nitrogens with one attached hydrogen (secondary N) is 1. The van der Waals surface area contributed by atoms with Crippen LogP contribution in [-0.4, -0.2) is 24.8 Å². The molecule has 4 rings (SSSR count). The number of nitrogens with zero attached hydrogens (tertiary/aromatic N) is 4. The summed E-state index contributed by atoms with van der Waals surface area (Å²) in [5, 5.41) is 18.5. The molecule has 0 spiro atoms. The van der Waals surface area contributed by atoms with E-state index in [0.717, 1.165) is 27.3 Å². The van der Waals surface area contributed by atoms with E-state index in [1.807, 2.05) is 34.2 Å². The second kappa shape index (κ2) is 3.14. The van der Waals surface area contributed by atoms with Gasteiger partial charge in [0, 0.05) is 11.6 Å². The van der Waals surface area contributed by atoms with Gasteiger partial charge in [-0.1, -0.05) is 6.07 Å². The third kappa shape index (κ3) is 1.15. The summed E-state index contributed by atoms with van der Waals surface area (Å²) in [5.74, 6) is 0.867. The van der Waals surface area contributed by atoms with Crippen LogP contribution in [0.3, 0.4) is 0 Å². The predicted molar refractivity (Wildman–Crippen MR) is 66.0 cm³/mol. The quantitative estimate of drug-likeness (QED) is 0.556. The molecular weight excluding hydrogens is 234 g/mol. The molecule has 6 heteroatoms. The zero-order chi connectivity index (χ0) is 11.2. The van der Waals surface area contributed by atoms with E-state index in [2.05, 4.69) is 20.4 Å². The van der Waals surface area contributed by atoms with E-state index in [-0.39, 0.29) is 0 Å². The molecule has 0 aliphatic rings. The zero-order valence-corrected chi connectivity index (χ0v) is 9.48. The van der Waals surface area contributed by atoms with E-state index < -0.39 is 0 Å². The second-order valence-electron chi connectivity index (χ2n) is 3.71. The maximum Gasteiger partial charge on any atom is 0.187 e. The van der Waals surface area contributed by atoms with Gasteiger partial charge in [-0.25, -0.2) is 0 Å². The van der Waals surface area contributed by atoms with Crippen LogP contribution in [0.5, 0.6) is 0 Å². The van der Waals surface area contributed by atoms with Crippen molar-refractivity contribution in [2.45, 2.75) is 0 Å². The van der Waals surface area contributed by atoms with E-state index in [1.165, 1.54) is 0 Å². The normalized spacial score (nSPS) is 11.5. The van der Waals surface area contributed by atoms with Crippen molar-refractivity contribution in [2.75, 3.05) is 0 Å². The van der Waals surface area contributed by atoms with Gasteiger partial charge in [0.15, 0.2) is 11.5 Å². The average Bonchev–Trinajstić information content (AvgIpc) is 3.08. The molecule has 0 saturated heterocycles. The summed E-state index contributed by atoms with van der Waals surface area (Å²) in [5.41, 5.74) is 1.73. The number of fused-ring (bicyclic) bond motifs is 3. The first-order chi connectivity index (χ1) is 8.43. The van der Waals surface area contributed by atoms with Crippen LogP contribution in [0.15, 0.2) is 36.0 Å². The van der Waals surface area contributed by atoms with E-state index in [0.29, 0.717) is 0 Å². The number of aromatic amines is 1. The Labute approximate surface area is 99.7 Å². The summed E-state index contributed by atoms with van der Waals surface area (Å²) in [7, 11) is 0. The number of pyridine rings is 1. The SMILES string of the molecule is c1csc(-c2nnc3c4[nH]ncc4ccn23)c1. The molecule has 0 unspecified atom stereocenters. The molecule has 0 fully saturated rings. The second-order valence-corrected chi connectivity index (χ2v) is 4.66. The molecule has 0 amide bonds. The van der Waals surface area contributed by atoms with Gasteiger partial charge in [0.1, 0.15) is 5.52 Å². The minimum absolute atomic E-state index is 0.809. The molecule has 5 nitrogen and oxygen atoms in total. The lowest BCUT2D eigenvalue weighted by atomic mass is 10.3. The van der Waals surface area contributed by atoms with E-state index in [1.54, 1.807) is 17.5 Å². The lowest BCUT2D eigenvalue weighted by molar-refractivity contribution is 1.10. The third-order valence-electron chi connectivity index (χ3n) is 2.73. The summed E-state index contributed by atoms with van der Waals surface area (Å²) in [6.07, 6.45) is 3.76. The van der Waals surface area contributed by atoms with Crippen molar-refractivity contribution in [1.29, 1.82) is 0 Å². The van der Waals surface area contributed by atoms with Crippen LogP contribution >= 0.6 is 11.3 Å². The van der Waals surface area contributed by atoms with Gasteiger partial charge in [0.2, 0.25) is 0 Å². The topological polar surface area (TPSA) is 58.9 Å².